The molecule has 1 aliphatic rings. The van der Waals surface area contributed by atoms with Crippen molar-refractivity contribution in [2.45, 2.75) is 39.9 Å². The summed E-state index contributed by atoms with van der Waals surface area (Å²) in [7, 11) is 2.94. The van der Waals surface area contributed by atoms with Crippen LogP contribution in [0, 0.1) is 11.3 Å². The molecule has 0 aromatic carbocycles. The number of hydrogen-bond donors (Lipinski definition) is 0. The van der Waals surface area contributed by atoms with Crippen LogP contribution in [0.15, 0.2) is 23.8 Å². The zero-order valence-corrected chi connectivity index (χ0v) is 12.0. The third-order valence-corrected chi connectivity index (χ3v) is 3.70. The summed E-state index contributed by atoms with van der Waals surface area (Å²) in [5.74, 6) is 0.165. The lowest BCUT2D eigenvalue weighted by Crippen LogP contribution is -2.27. The number of carbonyl (C=O) groups excluding carboxylic acids is 1. The third-order valence-electron chi connectivity index (χ3n) is 3.70. The molecule has 1 atom stereocenters. The summed E-state index contributed by atoms with van der Waals surface area (Å²) < 4.78 is 9.88. The Morgan fingerprint density at radius 2 is 2.06 bits per heavy atom. The predicted octanol–water partition coefficient (Wildman–Crippen LogP) is 3.11. The van der Waals surface area contributed by atoms with E-state index in [4.69, 9.17) is 9.47 Å². The largest absolute Gasteiger partial charge is 0.349 e. The molecule has 102 valence electrons. The molecule has 0 aromatic rings. The van der Waals surface area contributed by atoms with Crippen molar-refractivity contribution in [2.75, 3.05) is 14.2 Å². The van der Waals surface area contributed by atoms with Crippen molar-refractivity contribution in [3.05, 3.63) is 23.8 Å². The molecule has 18 heavy (non-hydrogen) atoms. The van der Waals surface area contributed by atoms with Crippen LogP contribution in [0.25, 0.3) is 0 Å². The summed E-state index contributed by atoms with van der Waals surface area (Å²) in [5.41, 5.74) is 1.53. The van der Waals surface area contributed by atoms with Gasteiger partial charge < -0.3 is 9.47 Å². The van der Waals surface area contributed by atoms with E-state index in [2.05, 4.69) is 26.8 Å². The molecule has 1 unspecified atom stereocenters. The van der Waals surface area contributed by atoms with Crippen LogP contribution in [0.5, 0.6) is 0 Å². The van der Waals surface area contributed by atoms with Crippen LogP contribution < -0.4 is 0 Å². The predicted molar refractivity (Wildman–Crippen MR) is 72.2 cm³/mol. The Hall–Kier alpha value is -0.930. The Morgan fingerprint density at radius 1 is 1.44 bits per heavy atom. The van der Waals surface area contributed by atoms with E-state index in [1.54, 1.807) is 6.08 Å². The lowest BCUT2D eigenvalue weighted by atomic mass is 9.68. The highest BCUT2D eigenvalue weighted by molar-refractivity contribution is 5.92. The zero-order valence-electron chi connectivity index (χ0n) is 12.0. The van der Waals surface area contributed by atoms with Gasteiger partial charge >= 0.3 is 0 Å². The average molecular weight is 252 g/mol. The van der Waals surface area contributed by atoms with Crippen LogP contribution in [0.1, 0.15) is 33.6 Å². The highest BCUT2D eigenvalue weighted by Crippen LogP contribution is 2.41. The zero-order chi connectivity index (χ0) is 13.8. The molecule has 1 rings (SSSR count). The fourth-order valence-electron chi connectivity index (χ4n) is 2.58. The Balaban J connectivity index is 2.79. The molecule has 0 aliphatic heterocycles. The fraction of sp³-hybridized carbons (Fsp3) is 0.667. The molecule has 1 aliphatic carbocycles. The first-order chi connectivity index (χ1) is 8.42. The summed E-state index contributed by atoms with van der Waals surface area (Å²) in [6.07, 6.45) is 7.30. The van der Waals surface area contributed by atoms with Crippen molar-refractivity contribution in [3.8, 4) is 0 Å². The molecule has 0 spiro atoms. The molecule has 0 heterocycles. The summed E-state index contributed by atoms with van der Waals surface area (Å²) in [4.78, 5) is 11.8. The van der Waals surface area contributed by atoms with Crippen LogP contribution in [0.3, 0.4) is 0 Å². The van der Waals surface area contributed by atoms with E-state index < -0.39 is 6.29 Å². The first-order valence-corrected chi connectivity index (χ1v) is 6.36. The third kappa shape index (κ3) is 3.53. The number of hydrogen-bond acceptors (Lipinski definition) is 3. The van der Waals surface area contributed by atoms with Gasteiger partial charge in [0.1, 0.15) is 0 Å². The monoisotopic (exact) mass is 252 g/mol. The standard InChI is InChI=1S/C15H24O3/c1-11-7-6-10-15(2,3)12(11)8-9-13(16)14(17-4)18-5/h7-9,12,14H,6,10H2,1-5H3/b9-8+. The molecule has 0 radical (unpaired) electrons. The maximum absolute atomic E-state index is 11.8. The van der Waals surface area contributed by atoms with E-state index in [-0.39, 0.29) is 11.2 Å². The number of allylic oxidation sites excluding steroid dienone is 3. The second-order valence-electron chi connectivity index (χ2n) is 5.52. The molecule has 0 fully saturated rings. The van der Waals surface area contributed by atoms with E-state index in [0.29, 0.717) is 5.92 Å². The minimum Gasteiger partial charge on any atom is -0.349 e. The van der Waals surface area contributed by atoms with Gasteiger partial charge in [-0.2, -0.15) is 0 Å². The second-order valence-corrected chi connectivity index (χ2v) is 5.52. The van der Waals surface area contributed by atoms with E-state index in [1.165, 1.54) is 19.8 Å². The minimum atomic E-state index is -0.794. The summed E-state index contributed by atoms with van der Waals surface area (Å²) >= 11 is 0. The van der Waals surface area contributed by atoms with Crippen LogP contribution in [0.2, 0.25) is 0 Å². The summed E-state index contributed by atoms with van der Waals surface area (Å²) in [6.45, 7) is 6.62. The maximum Gasteiger partial charge on any atom is 0.221 e. The molecular formula is C15H24O3. The molecule has 0 aromatic heterocycles. The van der Waals surface area contributed by atoms with Crippen molar-refractivity contribution < 1.29 is 14.3 Å². The lowest BCUT2D eigenvalue weighted by Gasteiger charge is -2.36. The Morgan fingerprint density at radius 3 is 2.56 bits per heavy atom. The van der Waals surface area contributed by atoms with Crippen LogP contribution >= 0.6 is 0 Å². The Kier molecular flexibility index (Phi) is 5.29. The first-order valence-electron chi connectivity index (χ1n) is 6.36. The Bertz CT molecular complexity index is 349. The minimum absolute atomic E-state index is 0.144. The van der Waals surface area contributed by atoms with E-state index >= 15 is 0 Å². The van der Waals surface area contributed by atoms with Crippen molar-refractivity contribution in [1.82, 2.24) is 0 Å². The van der Waals surface area contributed by atoms with Gasteiger partial charge in [-0.3, -0.25) is 4.79 Å². The van der Waals surface area contributed by atoms with Gasteiger partial charge in [-0.1, -0.05) is 31.6 Å². The highest BCUT2D eigenvalue weighted by Gasteiger charge is 2.31. The molecule has 0 saturated heterocycles. The van der Waals surface area contributed by atoms with Gasteiger partial charge in [0.2, 0.25) is 12.1 Å². The van der Waals surface area contributed by atoms with Gasteiger partial charge in [0.05, 0.1) is 0 Å². The van der Waals surface area contributed by atoms with Crippen LogP contribution in [-0.4, -0.2) is 26.3 Å². The van der Waals surface area contributed by atoms with Crippen molar-refractivity contribution in [3.63, 3.8) is 0 Å². The van der Waals surface area contributed by atoms with E-state index in [1.807, 2.05) is 6.08 Å². The number of methoxy groups -OCH3 is 2. The normalized spacial score (nSPS) is 23.4. The molecule has 0 bridgehead atoms. The van der Waals surface area contributed by atoms with Gasteiger partial charge in [0, 0.05) is 20.1 Å². The SMILES string of the molecule is COC(OC)C(=O)/C=C/C1C(C)=CCCC1(C)C. The molecule has 0 amide bonds. The Labute approximate surface area is 110 Å². The highest BCUT2D eigenvalue weighted by atomic mass is 16.7. The molecule has 0 N–H and O–H groups in total. The molecule has 0 saturated carbocycles. The van der Waals surface area contributed by atoms with Crippen LogP contribution in [-0.2, 0) is 14.3 Å². The number of ether oxygens (including phenoxy) is 2. The molecule has 3 nitrogen and oxygen atoms in total. The van der Waals surface area contributed by atoms with Gasteiger partial charge in [0.15, 0.2) is 0 Å². The van der Waals surface area contributed by atoms with Gasteiger partial charge in [-0.25, -0.2) is 0 Å². The summed E-state index contributed by atoms with van der Waals surface area (Å²) in [5, 5.41) is 0. The number of rotatable bonds is 5. The maximum atomic E-state index is 11.8. The summed E-state index contributed by atoms with van der Waals surface area (Å²) in [6, 6.07) is 0. The quantitative estimate of drug-likeness (QED) is 0.428. The van der Waals surface area contributed by atoms with Crippen molar-refractivity contribution in [2.24, 2.45) is 11.3 Å². The van der Waals surface area contributed by atoms with Gasteiger partial charge in [-0.15, -0.1) is 0 Å². The molecule has 3 heteroatoms. The second kappa shape index (κ2) is 6.30. The fourth-order valence-corrected chi connectivity index (χ4v) is 2.58. The topological polar surface area (TPSA) is 35.5 Å². The number of ketones is 1. The van der Waals surface area contributed by atoms with E-state index in [0.717, 1.165) is 12.8 Å². The smallest absolute Gasteiger partial charge is 0.221 e. The molecular weight excluding hydrogens is 228 g/mol. The first kappa shape index (κ1) is 15.1. The van der Waals surface area contributed by atoms with Crippen molar-refractivity contribution in [1.29, 1.82) is 0 Å². The average Bonchev–Trinajstić information content (AvgIpc) is 2.29. The van der Waals surface area contributed by atoms with Gasteiger partial charge in [0.25, 0.3) is 0 Å². The van der Waals surface area contributed by atoms with Gasteiger partial charge in [-0.05, 0) is 31.3 Å². The van der Waals surface area contributed by atoms with Crippen molar-refractivity contribution >= 4 is 5.78 Å². The van der Waals surface area contributed by atoms with Crippen LogP contribution in [0.4, 0.5) is 0 Å². The van der Waals surface area contributed by atoms with E-state index in [9.17, 15) is 4.79 Å². The number of carbonyl (C=O) groups is 1. The lowest BCUT2D eigenvalue weighted by molar-refractivity contribution is -0.151.